The number of carbonyl (C=O) groups excluding carboxylic acids is 1. The van der Waals surface area contributed by atoms with E-state index >= 15 is 0 Å². The number of nitrogens with one attached hydrogen (secondary N) is 1. The molecule has 101 valence electrons. The average Bonchev–Trinajstić information content (AvgIpc) is 2.38. The molecule has 0 atom stereocenters. The molecule has 7 heteroatoms. The minimum absolute atomic E-state index is 0. The summed E-state index contributed by atoms with van der Waals surface area (Å²) >= 11 is 6.01. The van der Waals surface area contributed by atoms with Gasteiger partial charge < -0.3 is 16.4 Å². The number of rotatable bonds is 3. The molecule has 0 saturated carbocycles. The Balaban J connectivity index is 0.00000200. The van der Waals surface area contributed by atoms with Crippen LogP contribution in [0.1, 0.15) is 23.0 Å². The van der Waals surface area contributed by atoms with E-state index in [1.165, 1.54) is 6.07 Å². The van der Waals surface area contributed by atoms with Crippen LogP contribution in [0.5, 0.6) is 0 Å². The SMILES string of the molecule is [3H]c1n[c-]c[c-]c1C(=O)NCc1ncc(C)cc1Cl.[U].[V]. The third-order valence-electron chi connectivity index (χ3n) is 2.21. The van der Waals surface area contributed by atoms with E-state index in [2.05, 4.69) is 27.5 Å². The summed E-state index contributed by atoms with van der Waals surface area (Å²) in [5.41, 5.74) is 1.59. The number of aryl methyl sites for hydroxylation is 1. The number of hydrogen-bond acceptors (Lipinski definition) is 3. The van der Waals surface area contributed by atoms with E-state index in [0.29, 0.717) is 10.7 Å². The molecule has 20 heavy (non-hydrogen) atoms. The van der Waals surface area contributed by atoms with Crippen LogP contribution in [0.4, 0.5) is 0 Å². The van der Waals surface area contributed by atoms with Crippen LogP contribution in [0.25, 0.3) is 0 Å². The Kier molecular flexibility index (Phi) is 8.52. The molecule has 2 aromatic heterocycles. The second kappa shape index (κ2) is 9.60. The van der Waals surface area contributed by atoms with Gasteiger partial charge in [0.25, 0.3) is 0 Å². The largest absolute Gasteiger partial charge is 0.528 e. The molecule has 2 heterocycles. The van der Waals surface area contributed by atoms with E-state index in [0.717, 1.165) is 5.56 Å². The zero-order valence-electron chi connectivity index (χ0n) is 11.6. The van der Waals surface area contributed by atoms with Gasteiger partial charge in [-0.3, -0.25) is 22.0 Å². The molecule has 2 rings (SSSR count). The van der Waals surface area contributed by atoms with Crippen LogP contribution in [0.3, 0.4) is 0 Å². The van der Waals surface area contributed by atoms with Crippen molar-refractivity contribution in [2.45, 2.75) is 13.5 Å². The number of halogens is 1. The van der Waals surface area contributed by atoms with E-state index in [4.69, 9.17) is 13.0 Å². The van der Waals surface area contributed by atoms with Crippen LogP contribution < -0.4 is 5.32 Å². The summed E-state index contributed by atoms with van der Waals surface area (Å²) in [5.74, 6) is -0.440. The molecule has 1 amide bonds. The Hall–Kier alpha value is -0.304. The van der Waals surface area contributed by atoms with Crippen LogP contribution in [-0.4, -0.2) is 15.9 Å². The number of pyridine rings is 2. The maximum absolute atomic E-state index is 11.8. The van der Waals surface area contributed by atoms with Crippen molar-refractivity contribution >= 4 is 17.5 Å². The van der Waals surface area contributed by atoms with Crippen molar-refractivity contribution in [3.8, 4) is 0 Å². The first-order valence-electron chi connectivity index (χ1n) is 5.72. The molecular weight excluding hydrogens is 539 g/mol. The molecule has 0 unspecified atom stereocenters. The van der Waals surface area contributed by atoms with Crippen molar-refractivity contribution in [3.05, 3.63) is 58.6 Å². The molecule has 0 aliphatic rings. The molecule has 2 aromatic rings. The summed E-state index contributed by atoms with van der Waals surface area (Å²) in [6.07, 6.45) is 3.95. The Bertz CT molecular complexity index is 630. The number of hydrogen-bond donors (Lipinski definition) is 1. The smallest absolute Gasteiger partial charge is 0.205 e. The zero-order chi connectivity index (χ0) is 13.8. The van der Waals surface area contributed by atoms with E-state index in [9.17, 15) is 4.79 Å². The van der Waals surface area contributed by atoms with Crippen LogP contribution in [0.2, 0.25) is 5.02 Å². The molecule has 1 radical (unpaired) electrons. The van der Waals surface area contributed by atoms with Gasteiger partial charge in [-0.1, -0.05) is 13.0 Å². The van der Waals surface area contributed by atoms with E-state index < -0.39 is 5.91 Å². The topological polar surface area (TPSA) is 54.9 Å². The van der Waals surface area contributed by atoms with Crippen molar-refractivity contribution in [2.75, 3.05) is 0 Å². The third kappa shape index (κ3) is 5.59. The molecule has 0 aromatic carbocycles. The first-order valence-corrected chi connectivity index (χ1v) is 5.60. The quantitative estimate of drug-likeness (QED) is 0.595. The van der Waals surface area contributed by atoms with Gasteiger partial charge >= 0.3 is 0 Å². The summed E-state index contributed by atoms with van der Waals surface area (Å²) < 4.78 is 7.48. The predicted octanol–water partition coefficient (Wildman–Crippen LogP) is 1.97. The first kappa shape index (κ1) is 17.7. The first-order chi connectivity index (χ1) is 9.08. The van der Waals surface area contributed by atoms with Gasteiger partial charge in [0.2, 0.25) is 5.91 Å². The van der Waals surface area contributed by atoms with Crippen molar-refractivity contribution in [1.82, 2.24) is 15.3 Å². The summed E-state index contributed by atoms with van der Waals surface area (Å²) in [6, 6.07) is 5.77. The fourth-order valence-electron chi connectivity index (χ4n) is 1.32. The van der Waals surface area contributed by atoms with Gasteiger partial charge in [-0.2, -0.15) is 11.7 Å². The van der Waals surface area contributed by atoms with Crippen LogP contribution in [0.15, 0.2) is 24.5 Å². The van der Waals surface area contributed by atoms with Gasteiger partial charge in [0.05, 0.1) is 17.3 Å². The number of carbonyl (C=O) groups is 1. The van der Waals surface area contributed by atoms with Crippen molar-refractivity contribution < 1.29 is 55.8 Å². The molecule has 0 saturated heterocycles. The minimum Gasteiger partial charge on any atom is -0.528 e. The second-order valence-electron chi connectivity index (χ2n) is 3.64. The number of nitrogens with zero attached hydrogens (tertiary/aromatic N) is 2. The van der Waals surface area contributed by atoms with Crippen molar-refractivity contribution in [2.24, 2.45) is 0 Å². The van der Waals surface area contributed by atoms with Crippen LogP contribution >= 0.6 is 11.6 Å². The Labute approximate surface area is 159 Å². The van der Waals surface area contributed by atoms with Gasteiger partial charge in [0.15, 0.2) is 0 Å². The average molecular weight is 551 g/mol. The van der Waals surface area contributed by atoms with Gasteiger partial charge in [-0.25, -0.2) is 0 Å². The van der Waals surface area contributed by atoms with Gasteiger partial charge in [-0.05, 0) is 18.6 Å². The standard InChI is InChI=1S/C13H10ClN3O.U.V/c1-9-5-11(14)12(16-6-9)8-17-13(18)10-3-2-4-15-7-10;;/h2,5-7H,8H2,1H3,(H,17,18);;/q-2;;/i7T;;. The van der Waals surface area contributed by atoms with Crippen molar-refractivity contribution in [1.29, 1.82) is 0 Å². The Morgan fingerprint density at radius 1 is 1.60 bits per heavy atom. The molecule has 0 fully saturated rings. The fraction of sp³-hybridized carbons (Fsp3) is 0.154. The second-order valence-corrected chi connectivity index (χ2v) is 4.05. The molecule has 0 aliphatic heterocycles. The number of aromatic nitrogens is 2. The maximum atomic E-state index is 11.8. The van der Waals surface area contributed by atoms with Crippen molar-refractivity contribution in [3.63, 3.8) is 0 Å². The molecule has 0 bridgehead atoms. The molecular formula is C13H10ClN3OUV-2. The summed E-state index contributed by atoms with van der Waals surface area (Å²) in [6.45, 7) is 2.07. The van der Waals surface area contributed by atoms with Crippen LogP contribution in [0, 0.1) is 50.3 Å². The van der Waals surface area contributed by atoms with E-state index in [-0.39, 0.29) is 67.9 Å². The fourth-order valence-corrected chi connectivity index (χ4v) is 1.61. The zero-order valence-corrected chi connectivity index (χ0v) is 16.9. The monoisotopic (exact) mass is 550 g/mol. The van der Waals surface area contributed by atoms with Gasteiger partial charge in [0.1, 0.15) is 0 Å². The normalized spacial score (nSPS) is 9.80. The van der Waals surface area contributed by atoms with Crippen LogP contribution in [-0.2, 0) is 25.1 Å². The van der Waals surface area contributed by atoms with E-state index in [1.54, 1.807) is 12.3 Å². The molecule has 1 N–H and O–H groups in total. The molecule has 0 spiro atoms. The summed E-state index contributed by atoms with van der Waals surface area (Å²) in [7, 11) is 0. The number of amides is 1. The summed E-state index contributed by atoms with van der Waals surface area (Å²) in [4.78, 5) is 19.6. The maximum Gasteiger partial charge on any atom is 0.205 e. The van der Waals surface area contributed by atoms with Gasteiger partial charge in [-0.15, -0.1) is 0 Å². The Morgan fingerprint density at radius 3 is 3.00 bits per heavy atom. The Morgan fingerprint density at radius 2 is 2.35 bits per heavy atom. The van der Waals surface area contributed by atoms with Gasteiger partial charge in [0, 0.05) is 55.9 Å². The summed E-state index contributed by atoms with van der Waals surface area (Å²) in [5, 5.41) is 3.12. The molecule has 4 nitrogen and oxygen atoms in total. The predicted molar refractivity (Wildman–Crippen MR) is 67.1 cm³/mol. The third-order valence-corrected chi connectivity index (χ3v) is 2.54. The van der Waals surface area contributed by atoms with E-state index in [1.807, 2.05) is 6.92 Å². The molecule has 0 aliphatic carbocycles. The minimum atomic E-state index is -0.440.